The molecule has 23 heavy (non-hydrogen) atoms. The molecule has 1 N–H and O–H groups in total. The highest BCUT2D eigenvalue weighted by molar-refractivity contribution is 7.91. The van der Waals surface area contributed by atoms with Crippen molar-refractivity contribution >= 4 is 27.3 Å². The maximum absolute atomic E-state index is 12.3. The summed E-state index contributed by atoms with van der Waals surface area (Å²) in [7, 11) is -3.50. The van der Waals surface area contributed by atoms with Crippen LogP contribution in [0.3, 0.4) is 0 Å². The fourth-order valence-corrected chi connectivity index (χ4v) is 3.97. The number of fused-ring (bicyclic) bond motifs is 1. The van der Waals surface area contributed by atoms with Crippen LogP contribution in [0.25, 0.3) is 0 Å². The first-order chi connectivity index (χ1) is 10.9. The first kappa shape index (κ1) is 15.6. The predicted molar refractivity (Wildman–Crippen MR) is 90.9 cm³/mol. The Hall–Kier alpha value is -2.34. The number of anilines is 2. The zero-order valence-corrected chi connectivity index (χ0v) is 13.6. The van der Waals surface area contributed by atoms with Gasteiger partial charge in [-0.3, -0.25) is 9.52 Å². The van der Waals surface area contributed by atoms with Gasteiger partial charge in [-0.05, 0) is 29.7 Å². The van der Waals surface area contributed by atoms with Gasteiger partial charge in [0, 0.05) is 19.2 Å². The number of nitrogens with one attached hydrogen (secondary N) is 1. The topological polar surface area (TPSA) is 66.5 Å². The fraction of sp³-hybridized carbons (Fsp3) is 0.235. The van der Waals surface area contributed by atoms with Gasteiger partial charge in [-0.25, -0.2) is 8.42 Å². The Bertz CT molecular complexity index is 832. The summed E-state index contributed by atoms with van der Waals surface area (Å²) in [5.41, 5.74) is 3.06. The quantitative estimate of drug-likeness (QED) is 0.937. The van der Waals surface area contributed by atoms with Crippen molar-refractivity contribution in [2.75, 3.05) is 16.2 Å². The van der Waals surface area contributed by atoms with Gasteiger partial charge >= 0.3 is 0 Å². The lowest BCUT2D eigenvalue weighted by Crippen LogP contribution is -2.25. The van der Waals surface area contributed by atoms with Crippen LogP contribution >= 0.6 is 0 Å². The third-order valence-corrected chi connectivity index (χ3v) is 5.09. The zero-order chi connectivity index (χ0) is 16.4. The molecular weight excluding hydrogens is 312 g/mol. The Morgan fingerprint density at radius 1 is 1.17 bits per heavy atom. The van der Waals surface area contributed by atoms with Gasteiger partial charge in [0.25, 0.3) is 0 Å². The van der Waals surface area contributed by atoms with E-state index in [0.29, 0.717) is 12.2 Å². The molecule has 2 aromatic carbocycles. The van der Waals surface area contributed by atoms with Crippen LogP contribution in [-0.4, -0.2) is 20.9 Å². The smallest absolute Gasteiger partial charge is 0.236 e. The van der Waals surface area contributed by atoms with Crippen LogP contribution < -0.4 is 9.62 Å². The summed E-state index contributed by atoms with van der Waals surface area (Å²) in [5.74, 6) is -0.116. The molecule has 1 aliphatic heterocycles. The summed E-state index contributed by atoms with van der Waals surface area (Å²) in [6, 6.07) is 14.4. The third-order valence-electron chi connectivity index (χ3n) is 3.83. The van der Waals surface area contributed by atoms with Crippen molar-refractivity contribution in [1.82, 2.24) is 0 Å². The van der Waals surface area contributed by atoms with Crippen molar-refractivity contribution in [3.05, 3.63) is 59.7 Å². The largest absolute Gasteiger partial charge is 0.312 e. The van der Waals surface area contributed by atoms with Gasteiger partial charge in [0.05, 0.1) is 11.4 Å². The van der Waals surface area contributed by atoms with Gasteiger partial charge in [0.2, 0.25) is 15.9 Å². The van der Waals surface area contributed by atoms with E-state index in [4.69, 9.17) is 0 Å². The van der Waals surface area contributed by atoms with Crippen molar-refractivity contribution in [3.63, 3.8) is 0 Å². The minimum atomic E-state index is -3.50. The lowest BCUT2D eigenvalue weighted by atomic mass is 10.1. The average molecular weight is 330 g/mol. The number of sulfonamides is 1. The number of hydrogen-bond donors (Lipinski definition) is 1. The van der Waals surface area contributed by atoms with Crippen molar-refractivity contribution < 1.29 is 13.2 Å². The van der Waals surface area contributed by atoms with Crippen molar-refractivity contribution in [3.8, 4) is 0 Å². The molecule has 0 fully saturated rings. The fourth-order valence-electron chi connectivity index (χ4n) is 2.78. The highest BCUT2D eigenvalue weighted by Crippen LogP contribution is 2.31. The highest BCUT2D eigenvalue weighted by Gasteiger charge is 2.23. The van der Waals surface area contributed by atoms with E-state index in [0.717, 1.165) is 23.2 Å². The molecule has 3 rings (SSSR count). The first-order valence-electron chi connectivity index (χ1n) is 7.40. The second kappa shape index (κ2) is 6.04. The first-order valence-corrected chi connectivity index (χ1v) is 9.05. The van der Waals surface area contributed by atoms with Gasteiger partial charge in [0.15, 0.2) is 0 Å². The number of amides is 1. The van der Waals surface area contributed by atoms with E-state index in [1.54, 1.807) is 29.2 Å². The molecule has 0 radical (unpaired) electrons. The number of rotatable bonds is 4. The van der Waals surface area contributed by atoms with Crippen LogP contribution in [0.2, 0.25) is 0 Å². The van der Waals surface area contributed by atoms with E-state index in [-0.39, 0.29) is 11.7 Å². The Balaban J connectivity index is 1.81. The molecule has 0 atom stereocenters. The second-order valence-corrected chi connectivity index (χ2v) is 7.33. The van der Waals surface area contributed by atoms with Gasteiger partial charge < -0.3 is 4.90 Å². The van der Waals surface area contributed by atoms with Crippen LogP contribution in [0.15, 0.2) is 48.5 Å². The number of carbonyl (C=O) groups excluding carboxylic acids is 1. The summed E-state index contributed by atoms with van der Waals surface area (Å²) >= 11 is 0. The number of carbonyl (C=O) groups is 1. The molecule has 5 nitrogen and oxygen atoms in total. The SMILES string of the molecule is CC(=O)N1CCc2ccc(NS(=O)(=O)Cc3ccccc3)cc21. The lowest BCUT2D eigenvalue weighted by molar-refractivity contribution is -0.116. The van der Waals surface area contributed by atoms with Crippen LogP contribution in [0, 0.1) is 0 Å². The zero-order valence-electron chi connectivity index (χ0n) is 12.8. The molecule has 6 heteroatoms. The van der Waals surface area contributed by atoms with Crippen molar-refractivity contribution in [2.45, 2.75) is 19.1 Å². The van der Waals surface area contributed by atoms with Gasteiger partial charge in [-0.1, -0.05) is 36.4 Å². The van der Waals surface area contributed by atoms with E-state index in [2.05, 4.69) is 4.72 Å². The molecule has 0 saturated carbocycles. The summed E-state index contributed by atoms with van der Waals surface area (Å²) in [5, 5.41) is 0. The maximum Gasteiger partial charge on any atom is 0.236 e. The standard InChI is InChI=1S/C17H18N2O3S/c1-13(20)19-10-9-15-7-8-16(11-17(15)19)18-23(21,22)12-14-5-3-2-4-6-14/h2-8,11,18H,9-10,12H2,1H3. The molecule has 0 saturated heterocycles. The molecular formula is C17H18N2O3S. The van der Waals surface area contributed by atoms with E-state index >= 15 is 0 Å². The van der Waals surface area contributed by atoms with Crippen molar-refractivity contribution in [2.24, 2.45) is 0 Å². The molecule has 0 aromatic heterocycles. The third kappa shape index (κ3) is 3.53. The number of nitrogens with zero attached hydrogens (tertiary/aromatic N) is 1. The lowest BCUT2D eigenvalue weighted by Gasteiger charge is -2.16. The Kier molecular flexibility index (Phi) is 4.09. The van der Waals surface area contributed by atoms with Crippen LogP contribution in [-0.2, 0) is 27.0 Å². The Morgan fingerprint density at radius 3 is 2.61 bits per heavy atom. The maximum atomic E-state index is 12.3. The molecule has 0 bridgehead atoms. The van der Waals surface area contributed by atoms with E-state index in [1.165, 1.54) is 6.92 Å². The summed E-state index contributed by atoms with van der Waals surface area (Å²) in [6.07, 6.45) is 0.798. The number of benzene rings is 2. The van der Waals surface area contributed by atoms with Gasteiger partial charge in [-0.2, -0.15) is 0 Å². The monoisotopic (exact) mass is 330 g/mol. The minimum Gasteiger partial charge on any atom is -0.312 e. The molecule has 120 valence electrons. The minimum absolute atomic E-state index is 0.0342. The van der Waals surface area contributed by atoms with Crippen LogP contribution in [0.4, 0.5) is 11.4 Å². The average Bonchev–Trinajstić information content (AvgIpc) is 2.90. The predicted octanol–water partition coefficient (Wildman–Crippen LogP) is 2.54. The summed E-state index contributed by atoms with van der Waals surface area (Å²) in [4.78, 5) is 13.3. The molecule has 0 unspecified atom stereocenters. The van der Waals surface area contributed by atoms with E-state index < -0.39 is 10.0 Å². The van der Waals surface area contributed by atoms with Crippen molar-refractivity contribution in [1.29, 1.82) is 0 Å². The Morgan fingerprint density at radius 2 is 1.91 bits per heavy atom. The van der Waals surface area contributed by atoms with Crippen LogP contribution in [0.5, 0.6) is 0 Å². The Labute approximate surface area is 136 Å². The van der Waals surface area contributed by atoms with E-state index in [1.807, 2.05) is 24.3 Å². The van der Waals surface area contributed by atoms with Gasteiger partial charge in [0.1, 0.15) is 0 Å². The van der Waals surface area contributed by atoms with Gasteiger partial charge in [-0.15, -0.1) is 0 Å². The normalized spacial score (nSPS) is 13.7. The molecule has 1 aliphatic rings. The molecule has 0 aliphatic carbocycles. The number of hydrogen-bond acceptors (Lipinski definition) is 3. The summed E-state index contributed by atoms with van der Waals surface area (Å²) < 4.78 is 27.2. The molecule has 0 spiro atoms. The molecule has 2 aromatic rings. The van der Waals surface area contributed by atoms with E-state index in [9.17, 15) is 13.2 Å². The second-order valence-electron chi connectivity index (χ2n) is 5.61. The summed E-state index contributed by atoms with van der Waals surface area (Å²) in [6.45, 7) is 2.16. The highest BCUT2D eigenvalue weighted by atomic mass is 32.2. The molecule has 1 amide bonds. The molecule has 1 heterocycles. The van der Waals surface area contributed by atoms with Crippen LogP contribution in [0.1, 0.15) is 18.1 Å².